The van der Waals surface area contributed by atoms with Crippen LogP contribution in [0.3, 0.4) is 0 Å². The number of H-pyrrole nitrogens is 1. The van der Waals surface area contributed by atoms with Gasteiger partial charge in [0, 0.05) is 30.3 Å². The Hall–Kier alpha value is -2.81. The van der Waals surface area contributed by atoms with E-state index in [0.717, 1.165) is 0 Å². The molecule has 0 aliphatic carbocycles. The van der Waals surface area contributed by atoms with Crippen LogP contribution in [0.25, 0.3) is 0 Å². The Balaban J connectivity index is 1.83. The zero-order chi connectivity index (χ0) is 20.3. The predicted molar refractivity (Wildman–Crippen MR) is 102 cm³/mol. The van der Waals surface area contributed by atoms with Crippen LogP contribution in [0.2, 0.25) is 5.02 Å². The molecule has 1 aliphatic heterocycles. The van der Waals surface area contributed by atoms with Crippen LogP contribution in [0.5, 0.6) is 0 Å². The first-order chi connectivity index (χ1) is 13.4. The van der Waals surface area contributed by atoms with E-state index in [2.05, 4.69) is 20.6 Å². The van der Waals surface area contributed by atoms with Gasteiger partial charge in [-0.25, -0.2) is 19.4 Å². The Bertz CT molecular complexity index is 961. The highest BCUT2D eigenvalue weighted by Crippen LogP contribution is 2.31. The zero-order valence-electron chi connectivity index (χ0n) is 15.0. The monoisotopic (exact) mass is 408 g/mol. The lowest BCUT2D eigenvalue weighted by Crippen LogP contribution is -2.42. The molecule has 0 radical (unpaired) electrons. The molecule has 10 heteroatoms. The minimum atomic E-state index is -2.56. The standard InChI is InChI=1S/C18H19ClF2N6O/c1-10-6-13(23-7-11-4-2-3-5-12(11)17(20)21)14(25-22)9-27(10)15-8-24-26-18(28)16(15)19/h2-5,8,10,17,22-23H,6-7,9H2,1H3,(H,26,28)/t10-/m1/s1. The van der Waals surface area contributed by atoms with E-state index in [-0.39, 0.29) is 29.7 Å². The van der Waals surface area contributed by atoms with Gasteiger partial charge in [-0.15, -0.1) is 0 Å². The summed E-state index contributed by atoms with van der Waals surface area (Å²) in [6.45, 7) is 2.39. The summed E-state index contributed by atoms with van der Waals surface area (Å²) in [6.07, 6.45) is -0.615. The van der Waals surface area contributed by atoms with Gasteiger partial charge in [0.25, 0.3) is 12.0 Å². The van der Waals surface area contributed by atoms with Gasteiger partial charge in [0.05, 0.1) is 18.4 Å². The summed E-state index contributed by atoms with van der Waals surface area (Å²) in [6, 6.07) is 6.26. The van der Waals surface area contributed by atoms with Crippen molar-refractivity contribution in [1.82, 2.24) is 15.5 Å². The van der Waals surface area contributed by atoms with Crippen LogP contribution in [-0.4, -0.2) is 22.8 Å². The van der Waals surface area contributed by atoms with E-state index in [1.165, 1.54) is 12.3 Å². The number of nitrogens with zero attached hydrogens (tertiary/aromatic N) is 3. The first-order valence-corrected chi connectivity index (χ1v) is 8.99. The first kappa shape index (κ1) is 19.9. The van der Waals surface area contributed by atoms with Crippen molar-refractivity contribution in [3.63, 3.8) is 0 Å². The molecule has 28 heavy (non-hydrogen) atoms. The lowest BCUT2D eigenvalue weighted by molar-refractivity contribution is 0.150. The SMILES string of the molecule is C[C@@H]1CC(NCc2ccccc2C(F)F)=C(N=N)CN1c1cn[nH]c(=O)c1Cl. The van der Waals surface area contributed by atoms with Crippen molar-refractivity contribution in [2.75, 3.05) is 11.4 Å². The average Bonchev–Trinajstić information content (AvgIpc) is 2.69. The number of anilines is 1. The topological polar surface area (TPSA) is 97.2 Å². The van der Waals surface area contributed by atoms with Crippen molar-refractivity contribution >= 4 is 17.3 Å². The maximum Gasteiger partial charge on any atom is 0.285 e. The lowest BCUT2D eigenvalue weighted by atomic mass is 10.0. The Labute approximate surface area is 164 Å². The van der Waals surface area contributed by atoms with Gasteiger partial charge in [0.1, 0.15) is 10.7 Å². The molecular weight excluding hydrogens is 390 g/mol. The third kappa shape index (κ3) is 4.04. The van der Waals surface area contributed by atoms with E-state index in [0.29, 0.717) is 29.1 Å². The van der Waals surface area contributed by atoms with Crippen molar-refractivity contribution in [2.24, 2.45) is 5.11 Å². The van der Waals surface area contributed by atoms with Crippen LogP contribution in [0.1, 0.15) is 30.9 Å². The molecule has 1 aromatic carbocycles. The Morgan fingerprint density at radius 1 is 1.46 bits per heavy atom. The van der Waals surface area contributed by atoms with E-state index in [4.69, 9.17) is 17.1 Å². The largest absolute Gasteiger partial charge is 0.383 e. The van der Waals surface area contributed by atoms with Crippen LogP contribution in [-0.2, 0) is 6.54 Å². The van der Waals surface area contributed by atoms with E-state index in [1.807, 2.05) is 11.8 Å². The maximum absolute atomic E-state index is 13.2. The van der Waals surface area contributed by atoms with Gasteiger partial charge in [-0.3, -0.25) is 4.79 Å². The molecule has 148 valence electrons. The molecule has 0 unspecified atom stereocenters. The van der Waals surface area contributed by atoms with Gasteiger partial charge in [-0.1, -0.05) is 35.9 Å². The highest BCUT2D eigenvalue weighted by Gasteiger charge is 2.28. The Morgan fingerprint density at radius 2 is 2.21 bits per heavy atom. The van der Waals surface area contributed by atoms with Crippen LogP contribution in [0.15, 0.2) is 51.8 Å². The fourth-order valence-electron chi connectivity index (χ4n) is 3.22. The van der Waals surface area contributed by atoms with Crippen molar-refractivity contribution in [2.45, 2.75) is 32.4 Å². The number of aromatic amines is 1. The van der Waals surface area contributed by atoms with E-state index >= 15 is 0 Å². The Kier molecular flexibility index (Phi) is 6.03. The number of benzene rings is 1. The van der Waals surface area contributed by atoms with Crippen LogP contribution >= 0.6 is 11.6 Å². The molecule has 3 N–H and O–H groups in total. The number of hydrogen-bond acceptors (Lipinski definition) is 6. The number of aromatic nitrogens is 2. The fraction of sp³-hybridized carbons (Fsp3) is 0.333. The molecule has 0 amide bonds. The van der Waals surface area contributed by atoms with Crippen molar-refractivity contribution in [3.8, 4) is 0 Å². The molecule has 3 rings (SSSR count). The molecule has 1 aromatic heterocycles. The number of hydrogen-bond donors (Lipinski definition) is 3. The minimum Gasteiger partial charge on any atom is -0.383 e. The number of alkyl halides is 2. The second-order valence-electron chi connectivity index (χ2n) is 6.47. The number of halogens is 3. The maximum atomic E-state index is 13.2. The molecule has 0 saturated heterocycles. The molecule has 0 bridgehead atoms. The summed E-state index contributed by atoms with van der Waals surface area (Å²) in [4.78, 5) is 13.6. The second-order valence-corrected chi connectivity index (χ2v) is 6.85. The molecular formula is C18H19ClF2N6O. The Morgan fingerprint density at radius 3 is 2.93 bits per heavy atom. The number of nitrogens with one attached hydrogen (secondary N) is 3. The summed E-state index contributed by atoms with van der Waals surface area (Å²) in [5.41, 5.74) is 9.09. The van der Waals surface area contributed by atoms with Crippen LogP contribution in [0, 0.1) is 5.53 Å². The van der Waals surface area contributed by atoms with Gasteiger partial charge < -0.3 is 10.2 Å². The summed E-state index contributed by atoms with van der Waals surface area (Å²) in [5, 5.41) is 12.8. The summed E-state index contributed by atoms with van der Waals surface area (Å²) in [5.74, 6) is 0. The highest BCUT2D eigenvalue weighted by atomic mass is 35.5. The lowest BCUT2D eigenvalue weighted by Gasteiger charge is -2.36. The molecule has 2 aromatic rings. The quantitative estimate of drug-likeness (QED) is 0.629. The van der Waals surface area contributed by atoms with Crippen molar-refractivity contribution < 1.29 is 8.78 Å². The van der Waals surface area contributed by atoms with Gasteiger partial charge in [-0.2, -0.15) is 10.2 Å². The first-order valence-electron chi connectivity index (χ1n) is 8.61. The summed E-state index contributed by atoms with van der Waals surface area (Å²) in [7, 11) is 0. The molecule has 0 saturated carbocycles. The highest BCUT2D eigenvalue weighted by molar-refractivity contribution is 6.33. The van der Waals surface area contributed by atoms with Gasteiger partial charge in [0.2, 0.25) is 0 Å². The third-order valence-corrected chi connectivity index (χ3v) is 5.07. The normalized spacial score (nSPS) is 17.2. The molecule has 0 fully saturated rings. The average molecular weight is 409 g/mol. The summed E-state index contributed by atoms with van der Waals surface area (Å²) < 4.78 is 26.3. The molecule has 2 heterocycles. The van der Waals surface area contributed by atoms with Gasteiger partial charge >= 0.3 is 0 Å². The van der Waals surface area contributed by atoms with E-state index in [1.54, 1.807) is 18.2 Å². The van der Waals surface area contributed by atoms with Crippen molar-refractivity contribution in [1.29, 1.82) is 5.53 Å². The third-order valence-electron chi connectivity index (χ3n) is 4.70. The predicted octanol–water partition coefficient (Wildman–Crippen LogP) is 3.99. The van der Waals surface area contributed by atoms with Crippen LogP contribution < -0.4 is 15.8 Å². The molecule has 7 nitrogen and oxygen atoms in total. The van der Waals surface area contributed by atoms with Crippen LogP contribution in [0.4, 0.5) is 14.5 Å². The molecule has 1 atom stereocenters. The van der Waals surface area contributed by atoms with Gasteiger partial charge in [0.15, 0.2) is 0 Å². The van der Waals surface area contributed by atoms with Crippen molar-refractivity contribution in [3.05, 3.63) is 68.4 Å². The van der Waals surface area contributed by atoms with E-state index < -0.39 is 12.0 Å². The minimum absolute atomic E-state index is 0.0215. The smallest absolute Gasteiger partial charge is 0.285 e. The molecule has 0 spiro atoms. The fourth-order valence-corrected chi connectivity index (χ4v) is 3.42. The van der Waals surface area contributed by atoms with Gasteiger partial charge in [-0.05, 0) is 12.5 Å². The number of rotatable bonds is 6. The summed E-state index contributed by atoms with van der Waals surface area (Å²) >= 11 is 6.10. The zero-order valence-corrected chi connectivity index (χ0v) is 15.8. The van der Waals surface area contributed by atoms with E-state index in [9.17, 15) is 13.6 Å². The molecule has 1 aliphatic rings. The second kappa shape index (κ2) is 8.47.